The number of likely N-dealkylation sites (N-methyl/N-ethyl adjacent to an activating group) is 6. The normalized spacial score (nSPS) is 22.5. The number of esters is 7. The number of alkyl halides is 5. The van der Waals surface area contributed by atoms with Crippen LogP contribution in [0.25, 0.3) is 0 Å². The molecule has 7 aliphatic rings. The van der Waals surface area contributed by atoms with Gasteiger partial charge in [0.15, 0.2) is 11.8 Å². The first-order valence-electron chi connectivity index (χ1n) is 38.7. The van der Waals surface area contributed by atoms with E-state index in [-0.39, 0.29) is 254 Å². The van der Waals surface area contributed by atoms with Gasteiger partial charge in [0.1, 0.15) is 42.5 Å². The number of nitrogens with two attached hydrogens (primary N) is 1. The minimum Gasteiger partial charge on any atom is -1.00 e. The topological polar surface area (TPSA) is 372 Å². The first-order chi connectivity index (χ1) is 56.3. The molecule has 3 aromatic carbocycles. The predicted molar refractivity (Wildman–Crippen MR) is 490 cm³/mol. The van der Waals surface area contributed by atoms with Crippen LogP contribution in [-0.2, 0) is 66.7 Å². The quantitative estimate of drug-likeness (QED) is 0.00967. The van der Waals surface area contributed by atoms with Gasteiger partial charge < -0.3 is 78.9 Å². The van der Waals surface area contributed by atoms with Gasteiger partial charge in [0, 0.05) is 122 Å². The van der Waals surface area contributed by atoms with E-state index in [2.05, 4.69) is 69.3 Å². The van der Waals surface area contributed by atoms with Crippen LogP contribution in [0.3, 0.4) is 0 Å². The molecule has 31 nitrogen and oxygen atoms in total. The summed E-state index contributed by atoms with van der Waals surface area (Å²) in [6, 6.07) is 19.5. The molecular formula is C82H132BCl5N8NaO23S3U2-2. The van der Waals surface area contributed by atoms with Gasteiger partial charge in [-0.3, -0.25) is 59.8 Å². The first-order valence-corrected chi connectivity index (χ1v) is 41.2. The zero-order valence-electron chi connectivity index (χ0n) is 74.5. The molecule has 0 amide bonds. The van der Waals surface area contributed by atoms with Crippen molar-refractivity contribution in [1.82, 2.24) is 34.3 Å². The van der Waals surface area contributed by atoms with Gasteiger partial charge in [-0.05, 0) is 220 Å². The Labute approximate surface area is 857 Å². The number of ether oxygens (including phenoxy) is 9. The maximum absolute atomic E-state index is 11.4. The van der Waals surface area contributed by atoms with Crippen LogP contribution < -0.4 is 48.9 Å². The van der Waals surface area contributed by atoms with Crippen molar-refractivity contribution in [3.05, 3.63) is 102 Å². The zero-order chi connectivity index (χ0) is 89.0. The number of carbonyl (C=O) groups is 8. The van der Waals surface area contributed by atoms with E-state index in [4.69, 9.17) is 102 Å². The fraction of sp³-hybridized carbons (Fsp3) is 0.634. The number of ketones is 1. The van der Waals surface area contributed by atoms with Crippen molar-refractivity contribution in [3.8, 4) is 17.2 Å². The van der Waals surface area contributed by atoms with Crippen LogP contribution >= 0.6 is 97.9 Å². The molecule has 1 unspecified atom stereocenters. The summed E-state index contributed by atoms with van der Waals surface area (Å²) in [5, 5.41) is 27.3. The monoisotopic (exact) mass is 2380 g/mol. The number of Topliss-reactive ketones (excluding diaryl/α,β-unsaturated/α-hetero) is 1. The van der Waals surface area contributed by atoms with Gasteiger partial charge in [-0.25, -0.2) is 31.8 Å². The summed E-state index contributed by atoms with van der Waals surface area (Å²) in [4.78, 5) is 122. The van der Waals surface area contributed by atoms with Crippen LogP contribution in [0.15, 0.2) is 85.5 Å². The summed E-state index contributed by atoms with van der Waals surface area (Å²) in [7, 11) is 15.5. The summed E-state index contributed by atoms with van der Waals surface area (Å²) in [6.07, 6.45) is 10.1. The molecule has 7 heterocycles. The van der Waals surface area contributed by atoms with Crippen molar-refractivity contribution in [2.45, 2.75) is 162 Å². The molecule has 0 bridgehead atoms. The fourth-order valence-electron chi connectivity index (χ4n) is 12.4. The average Bonchev–Trinajstić information content (AvgIpc) is 1.71. The number of rotatable bonds is 24. The Morgan fingerprint density at radius 2 is 0.856 bits per heavy atom. The van der Waals surface area contributed by atoms with Gasteiger partial charge in [-0.15, -0.1) is 64.4 Å². The van der Waals surface area contributed by atoms with Crippen LogP contribution in [0.4, 0.5) is 0 Å². The van der Waals surface area contributed by atoms with Crippen molar-refractivity contribution in [3.63, 3.8) is 0 Å². The van der Waals surface area contributed by atoms with E-state index in [1.165, 1.54) is 27.6 Å². The van der Waals surface area contributed by atoms with Crippen molar-refractivity contribution < 1.29 is 203 Å². The Hall–Kier alpha value is -2.67. The standard InChI is InChI=1S/C16H19ClNO4.C14H18ClNO3.C8H14ClNO2.C8H15NO3.C8H13NO3.C8H8O3S.2C6H12ClNO.C4H9NO2.C3H3O.CH4.B.Na.2H2S.2U.H/c1-21-16(20)12-3-5-13(6-4-12)22-11-15-14(17)7-9-18(15)8-2-10-19;1-16-8-7-12(15)13(16)9-19-11-5-3-10(4-6-11)14(17)18-2;1-3-12-8(11)7-6(9)4-5-10(7)2;2*1-3-12-8(11)7-6(10)4-5-9(7)2;1-10-8(9)6-2-4-7(11-12)5-3-6;2*1-8-3-2-5(7)6(8)4-9;1-2-7-4(6)3-5;1-2-3-4;;;;;;;;/h3-6,14-15H,2,7-9,11H2,1H3;3-6,12-13H,7-9H2,1-2H3;6-7H,3-5H2,1-2H3;6-7,10H,3-5H2,1-2H3;7H,3-5H2,1-2H3;2-5,12H,1H3;2*5-6,9H,2-4H2,1H3;2-3,5H2,1H3;2H,1H2;1H4;;;2*1H2;;;/q-1;;;;;;;;;-1;;;+1;;;;;-1/t14-,15+;12-,13+;6-,7-;6-,7+;;;2*5-,6+;;;;;;;;;;/m1110..11........../s1. The minimum absolute atomic E-state index is 0. The Balaban J connectivity index is -0.000000208. The van der Waals surface area contributed by atoms with Crippen molar-refractivity contribution in [2.75, 3.05) is 175 Å². The number of allylic oxidation sites excluding steroid dienone is 1. The van der Waals surface area contributed by atoms with Gasteiger partial charge >= 0.3 is 71.3 Å². The number of hydrogen-bond acceptors (Lipinski definition) is 32. The summed E-state index contributed by atoms with van der Waals surface area (Å²) in [5.41, 5.74) is 6.37. The summed E-state index contributed by atoms with van der Waals surface area (Å²) in [6.45, 7) is 19.8. The molecule has 7 aliphatic heterocycles. The second-order valence-electron chi connectivity index (χ2n) is 27.2. The van der Waals surface area contributed by atoms with E-state index in [1.54, 1.807) is 112 Å². The third kappa shape index (κ3) is 51.4. The molecular weight excluding hydrogens is 2250 g/mol. The molecule has 5 N–H and O–H groups in total. The van der Waals surface area contributed by atoms with Crippen LogP contribution in [0.2, 0.25) is 0 Å². The second kappa shape index (κ2) is 78.8. The molecule has 43 heteroatoms. The molecule has 13 atom stereocenters. The van der Waals surface area contributed by atoms with Gasteiger partial charge in [0.05, 0.1) is 129 Å². The number of benzene rings is 3. The molecule has 0 saturated carbocycles. The number of nitrogens with zero attached hydrogens (tertiary/aromatic N) is 7. The van der Waals surface area contributed by atoms with E-state index in [0.29, 0.717) is 100 Å². The molecule has 0 aliphatic carbocycles. The second-order valence-corrected chi connectivity index (χ2v) is 30.2. The first kappa shape index (κ1) is 135. The SMILES string of the molecule is C.C=C[C-]=O.CCOC(=O)C1C(=O)CCN1C.CCOC(=O)CN.CCOC(=O)[C@H]1[C@@H](O)CCN1C.CCOC(=O)[C@H]1[C@H](Cl)CCN1C.CN1CC[C@@H](Cl)[C@@H]1CO.CN1CC[C@@H](Cl)[C@@H]1CO.COC(=O)c1ccc(OC[C@H]2[C@H](Cl)CCN2C)cc1.COC(=O)c1ccc(OC[C@H]2[C@H](Cl)CCN2CC[C-]=O)cc1.COC(=O)c1ccc(OS)cc1.S.S.[B].[H-].[Na+].[U].[U]. The maximum atomic E-state index is 11.4. The van der Waals surface area contributed by atoms with Crippen molar-refractivity contribution in [2.24, 2.45) is 5.73 Å². The maximum Gasteiger partial charge on any atom is 1.00 e. The number of thiol groups is 1. The third-order valence-electron chi connectivity index (χ3n) is 19.2. The Morgan fingerprint density at radius 1 is 0.520 bits per heavy atom. The number of halogens is 5. The molecule has 125 heavy (non-hydrogen) atoms. The molecule has 7 fully saturated rings. The minimum atomic E-state index is -0.648. The van der Waals surface area contributed by atoms with Crippen LogP contribution in [0.5, 0.6) is 17.2 Å². The number of hydrogen-bond donors (Lipinski definition) is 5. The molecule has 3 radical (unpaired) electrons. The van der Waals surface area contributed by atoms with E-state index < -0.39 is 24.2 Å². The number of methoxy groups -OCH3 is 3. The Morgan fingerprint density at radius 3 is 1.14 bits per heavy atom. The Kier molecular flexibility index (Phi) is 85.3. The average molecular weight is 2380 g/mol. The van der Waals surface area contributed by atoms with E-state index in [9.17, 15) is 48.3 Å². The number of aliphatic hydroxyl groups is 3. The summed E-state index contributed by atoms with van der Waals surface area (Å²) in [5.74, 6) is -0.389. The molecule has 705 valence electrons. The number of likely N-dealkylation sites (tertiary alicyclic amines) is 7. The van der Waals surface area contributed by atoms with Gasteiger partial charge in [-0.1, -0.05) is 7.43 Å². The van der Waals surface area contributed by atoms with Crippen molar-refractivity contribution in [1.29, 1.82) is 0 Å². The molecule has 0 aromatic heterocycles. The summed E-state index contributed by atoms with van der Waals surface area (Å²) < 4.78 is 48.8. The molecule has 0 spiro atoms. The Bertz CT molecular complexity index is 3330. The number of carbonyl (C=O) groups excluding carboxylic acids is 10. The largest absolute Gasteiger partial charge is 1.00 e. The van der Waals surface area contributed by atoms with Gasteiger partial charge in [0.25, 0.3) is 0 Å². The van der Waals surface area contributed by atoms with Crippen LogP contribution in [0.1, 0.15) is 119 Å². The zero-order valence-corrected chi connectivity index (χ0v) is 90.5. The van der Waals surface area contributed by atoms with E-state index in [1.807, 2.05) is 44.3 Å². The fourth-order valence-corrected chi connectivity index (χ4v) is 14.4. The van der Waals surface area contributed by atoms with E-state index >= 15 is 0 Å². The van der Waals surface area contributed by atoms with Crippen molar-refractivity contribution >= 4 is 166 Å². The predicted octanol–water partition coefficient (Wildman–Crippen LogP) is 4.16. The molecule has 7 saturated heterocycles. The van der Waals surface area contributed by atoms with Crippen LogP contribution in [0, 0.1) is 62.2 Å². The smallest absolute Gasteiger partial charge is 1.00 e. The van der Waals surface area contributed by atoms with Gasteiger partial charge in [0.2, 0.25) is 0 Å². The van der Waals surface area contributed by atoms with E-state index in [0.717, 1.165) is 83.2 Å². The van der Waals surface area contributed by atoms with Crippen LogP contribution in [-0.4, -0.2) is 369 Å². The summed E-state index contributed by atoms with van der Waals surface area (Å²) >= 11 is 33.9. The van der Waals surface area contributed by atoms with Gasteiger partial charge in [-0.2, -0.15) is 27.0 Å². The third-order valence-corrected chi connectivity index (χ3v) is 21.9. The molecule has 10 rings (SSSR count). The molecule has 3 aromatic rings. The number of aliphatic hydroxyl groups excluding tert-OH is 3.